The number of ether oxygens (including phenoxy) is 1. The minimum atomic E-state index is -1.04. The summed E-state index contributed by atoms with van der Waals surface area (Å²) in [5.74, 6) is -0.552. The lowest BCUT2D eigenvalue weighted by Crippen LogP contribution is -2.34. The summed E-state index contributed by atoms with van der Waals surface area (Å²) in [5.41, 5.74) is 4.99. The first-order valence-electron chi connectivity index (χ1n) is 15.2. The van der Waals surface area contributed by atoms with Crippen LogP contribution in [-0.2, 0) is 33.8 Å². The predicted octanol–water partition coefficient (Wildman–Crippen LogP) is 8.21. The fourth-order valence-electron chi connectivity index (χ4n) is 4.99. The third-order valence-electron chi connectivity index (χ3n) is 7.67. The number of anilines is 1. The molecular weight excluding hydrogens is 524 g/mol. The van der Waals surface area contributed by atoms with Crippen molar-refractivity contribution in [3.05, 3.63) is 94.8 Å². The molecule has 224 valence electrons. The number of aliphatic carboxylic acids is 1. The molecule has 0 spiro atoms. The number of unbranched alkanes of at least 4 members (excludes halogenated alkanes) is 1. The maximum absolute atomic E-state index is 12.6. The van der Waals surface area contributed by atoms with Crippen molar-refractivity contribution in [3.63, 3.8) is 0 Å². The van der Waals surface area contributed by atoms with Crippen molar-refractivity contribution in [2.75, 3.05) is 11.9 Å². The highest BCUT2D eigenvalue weighted by atomic mass is 16.5. The molecule has 0 aliphatic heterocycles. The smallest absolute Gasteiger partial charge is 0.310 e. The lowest BCUT2D eigenvalue weighted by Gasteiger charge is -2.25. The van der Waals surface area contributed by atoms with E-state index in [1.807, 2.05) is 48.6 Å². The summed E-state index contributed by atoms with van der Waals surface area (Å²) in [6, 6.07) is 22.4. The molecule has 2 N–H and O–H groups in total. The number of pyridine rings is 1. The number of benzene rings is 2. The van der Waals surface area contributed by atoms with Gasteiger partial charge in [0.25, 0.3) is 0 Å². The molecule has 42 heavy (non-hydrogen) atoms. The highest BCUT2D eigenvalue weighted by Crippen LogP contribution is 2.31. The van der Waals surface area contributed by atoms with Gasteiger partial charge in [-0.15, -0.1) is 0 Å². The maximum atomic E-state index is 12.6. The van der Waals surface area contributed by atoms with Crippen LogP contribution in [0.3, 0.4) is 0 Å². The summed E-state index contributed by atoms with van der Waals surface area (Å²) < 4.78 is 5.89. The zero-order valence-corrected chi connectivity index (χ0v) is 25.6. The van der Waals surface area contributed by atoms with Gasteiger partial charge in [0.15, 0.2) is 0 Å². The number of nitrogens with one attached hydrogen (secondary N) is 1. The number of carbonyl (C=O) groups excluding carboxylic acids is 1. The van der Waals surface area contributed by atoms with Crippen LogP contribution in [0.5, 0.6) is 0 Å². The monoisotopic (exact) mass is 570 g/mol. The van der Waals surface area contributed by atoms with Gasteiger partial charge in [-0.05, 0) is 91.5 Å². The van der Waals surface area contributed by atoms with Gasteiger partial charge in [-0.3, -0.25) is 14.6 Å². The molecule has 0 bridgehead atoms. The van der Waals surface area contributed by atoms with Crippen LogP contribution in [0.1, 0.15) is 87.9 Å². The summed E-state index contributed by atoms with van der Waals surface area (Å²) in [4.78, 5) is 29.1. The van der Waals surface area contributed by atoms with Crippen LogP contribution < -0.4 is 5.32 Å². The van der Waals surface area contributed by atoms with E-state index in [4.69, 9.17) is 9.72 Å². The van der Waals surface area contributed by atoms with Crippen LogP contribution in [0, 0.1) is 11.3 Å². The zero-order valence-electron chi connectivity index (χ0n) is 25.6. The highest BCUT2D eigenvalue weighted by molar-refractivity contribution is 5.94. The standard InChI is InChI=1S/C36H46N2O4/c1-5-36(6-2,35(40)41)25-34(39)38-32-14-9-12-29(24-32)20-21-31-13-10-15-33(37-31)26-42-22-8-7-11-28-16-18-30(19-17-28)23-27(3)4/h9-10,12-21,24,27H,5-8,11,22-23,25-26H2,1-4H3,(H,38,39)(H,40,41)/b21-20+. The lowest BCUT2D eigenvalue weighted by molar-refractivity contribution is -0.151. The summed E-state index contributed by atoms with van der Waals surface area (Å²) in [6.45, 7) is 9.29. The molecule has 3 rings (SSSR count). The summed E-state index contributed by atoms with van der Waals surface area (Å²) in [5, 5.41) is 12.5. The molecule has 0 aliphatic carbocycles. The van der Waals surface area contributed by atoms with Gasteiger partial charge in [0.2, 0.25) is 5.91 Å². The minimum absolute atomic E-state index is 0.0550. The van der Waals surface area contributed by atoms with Crippen molar-refractivity contribution >= 4 is 29.7 Å². The number of aromatic nitrogens is 1. The molecular formula is C36H46N2O4. The Balaban J connectivity index is 1.44. The van der Waals surface area contributed by atoms with Gasteiger partial charge in [-0.2, -0.15) is 0 Å². The highest BCUT2D eigenvalue weighted by Gasteiger charge is 2.37. The molecule has 1 aromatic heterocycles. The molecule has 2 aromatic carbocycles. The van der Waals surface area contributed by atoms with Crippen molar-refractivity contribution in [1.29, 1.82) is 0 Å². The first kappa shape index (κ1) is 32.7. The molecule has 0 fully saturated rings. The summed E-state index contributed by atoms with van der Waals surface area (Å²) in [7, 11) is 0. The molecule has 3 aromatic rings. The number of hydrogen-bond donors (Lipinski definition) is 2. The number of amides is 1. The van der Waals surface area contributed by atoms with Crippen molar-refractivity contribution in [2.24, 2.45) is 11.3 Å². The average molecular weight is 571 g/mol. The molecule has 0 radical (unpaired) electrons. The topological polar surface area (TPSA) is 88.5 Å². The van der Waals surface area contributed by atoms with E-state index < -0.39 is 11.4 Å². The second-order valence-electron chi connectivity index (χ2n) is 11.5. The Morgan fingerprint density at radius 2 is 1.67 bits per heavy atom. The van der Waals surface area contributed by atoms with Crippen LogP contribution >= 0.6 is 0 Å². The van der Waals surface area contributed by atoms with Gasteiger partial charge in [0.1, 0.15) is 0 Å². The first-order chi connectivity index (χ1) is 20.2. The van der Waals surface area contributed by atoms with E-state index in [0.717, 1.165) is 42.6 Å². The van der Waals surface area contributed by atoms with Gasteiger partial charge in [-0.25, -0.2) is 0 Å². The second kappa shape index (κ2) is 16.6. The van der Waals surface area contributed by atoms with Crippen LogP contribution in [0.2, 0.25) is 0 Å². The molecule has 0 saturated heterocycles. The van der Waals surface area contributed by atoms with E-state index >= 15 is 0 Å². The van der Waals surface area contributed by atoms with E-state index in [1.165, 1.54) is 11.1 Å². The van der Waals surface area contributed by atoms with E-state index in [-0.39, 0.29) is 12.3 Å². The Morgan fingerprint density at radius 3 is 2.36 bits per heavy atom. The number of aryl methyl sites for hydroxylation is 1. The number of nitrogens with zero attached hydrogens (tertiary/aromatic N) is 1. The Hall–Kier alpha value is -3.77. The SMILES string of the molecule is CCC(CC)(CC(=O)Nc1cccc(/C=C/c2cccc(COCCCCc3ccc(CC(C)C)cc3)n2)c1)C(=O)O. The Bertz CT molecular complexity index is 1310. The maximum Gasteiger partial charge on any atom is 0.310 e. The number of rotatable bonds is 17. The Labute approximate surface area is 251 Å². The molecule has 1 heterocycles. The molecule has 6 heteroatoms. The van der Waals surface area contributed by atoms with E-state index in [2.05, 4.69) is 43.4 Å². The third-order valence-corrected chi connectivity index (χ3v) is 7.67. The Morgan fingerprint density at radius 1 is 0.952 bits per heavy atom. The van der Waals surface area contributed by atoms with Gasteiger partial charge < -0.3 is 15.2 Å². The molecule has 1 amide bonds. The molecule has 0 saturated carbocycles. The van der Waals surface area contributed by atoms with Crippen LogP contribution in [0.25, 0.3) is 12.2 Å². The van der Waals surface area contributed by atoms with Crippen molar-refractivity contribution < 1.29 is 19.4 Å². The van der Waals surface area contributed by atoms with Gasteiger partial charge >= 0.3 is 5.97 Å². The lowest BCUT2D eigenvalue weighted by atomic mass is 9.79. The zero-order chi connectivity index (χ0) is 30.4. The predicted molar refractivity (Wildman–Crippen MR) is 171 cm³/mol. The van der Waals surface area contributed by atoms with Crippen LogP contribution in [-0.4, -0.2) is 28.6 Å². The Kier molecular flexibility index (Phi) is 13.0. The number of carboxylic acids is 1. The second-order valence-corrected chi connectivity index (χ2v) is 11.5. The quantitative estimate of drug-likeness (QED) is 0.160. The van der Waals surface area contributed by atoms with E-state index in [9.17, 15) is 14.7 Å². The summed E-state index contributed by atoms with van der Waals surface area (Å²) in [6.07, 6.45) is 8.92. The average Bonchev–Trinajstić information content (AvgIpc) is 2.97. The minimum Gasteiger partial charge on any atom is -0.481 e. The van der Waals surface area contributed by atoms with Gasteiger partial charge in [-0.1, -0.05) is 76.2 Å². The largest absolute Gasteiger partial charge is 0.481 e. The number of carboxylic acid groups (broad SMARTS) is 1. The molecule has 0 unspecified atom stereocenters. The fraction of sp³-hybridized carbons (Fsp3) is 0.417. The first-order valence-corrected chi connectivity index (χ1v) is 15.2. The molecule has 0 atom stereocenters. The number of carbonyl (C=O) groups is 2. The van der Waals surface area contributed by atoms with Crippen molar-refractivity contribution in [1.82, 2.24) is 4.98 Å². The number of hydrogen-bond acceptors (Lipinski definition) is 4. The van der Waals surface area contributed by atoms with E-state index in [0.29, 0.717) is 37.7 Å². The van der Waals surface area contributed by atoms with Gasteiger partial charge in [0, 0.05) is 18.7 Å². The van der Waals surface area contributed by atoms with Crippen LogP contribution in [0.4, 0.5) is 5.69 Å². The summed E-state index contributed by atoms with van der Waals surface area (Å²) >= 11 is 0. The van der Waals surface area contributed by atoms with Gasteiger partial charge in [0.05, 0.1) is 23.4 Å². The van der Waals surface area contributed by atoms with E-state index in [1.54, 1.807) is 19.9 Å². The molecule has 0 aliphatic rings. The normalized spacial score (nSPS) is 11.7. The third kappa shape index (κ3) is 10.6. The molecule has 6 nitrogen and oxygen atoms in total. The van der Waals surface area contributed by atoms with Crippen molar-refractivity contribution in [3.8, 4) is 0 Å². The van der Waals surface area contributed by atoms with Crippen LogP contribution in [0.15, 0.2) is 66.7 Å². The van der Waals surface area contributed by atoms with Crippen molar-refractivity contribution in [2.45, 2.75) is 79.2 Å². The fourth-order valence-corrected chi connectivity index (χ4v) is 4.99.